The Bertz CT molecular complexity index is 1550. The lowest BCUT2D eigenvalue weighted by atomic mass is 9.82. The fourth-order valence-electron chi connectivity index (χ4n) is 5.76. The molecule has 0 aliphatic carbocycles. The lowest BCUT2D eigenvalue weighted by Crippen LogP contribution is -2.51. The van der Waals surface area contributed by atoms with Crippen molar-refractivity contribution in [3.8, 4) is 0 Å². The van der Waals surface area contributed by atoms with Gasteiger partial charge in [0.1, 0.15) is 17.7 Å². The molecule has 8 heteroatoms. The number of amidine groups is 1. The first kappa shape index (κ1) is 29.3. The summed E-state index contributed by atoms with van der Waals surface area (Å²) in [6, 6.07) is 18.3. The smallest absolute Gasteiger partial charge is 0.252 e. The van der Waals surface area contributed by atoms with Crippen LogP contribution in [0, 0.1) is 5.92 Å². The van der Waals surface area contributed by atoms with Gasteiger partial charge >= 0.3 is 0 Å². The van der Waals surface area contributed by atoms with Crippen molar-refractivity contribution in [3.05, 3.63) is 88.7 Å². The number of carbonyl (C=O) groups excluding carboxylic acids is 1. The van der Waals surface area contributed by atoms with E-state index in [1.807, 2.05) is 32.0 Å². The number of nitrogens with one attached hydrogen (secondary N) is 2. The minimum absolute atomic E-state index is 0.0673. The average Bonchev–Trinajstić information content (AvgIpc) is 2.98. The summed E-state index contributed by atoms with van der Waals surface area (Å²) in [5.41, 5.74) is 3.10. The summed E-state index contributed by atoms with van der Waals surface area (Å²) < 4.78 is 1.54. The zero-order valence-corrected chi connectivity index (χ0v) is 25.4. The highest BCUT2D eigenvalue weighted by atomic mass is 16.1. The second-order valence-electron chi connectivity index (χ2n) is 12.0. The summed E-state index contributed by atoms with van der Waals surface area (Å²) in [4.78, 5) is 37.4. The van der Waals surface area contributed by atoms with E-state index in [9.17, 15) is 9.59 Å². The van der Waals surface area contributed by atoms with Crippen molar-refractivity contribution in [2.24, 2.45) is 10.9 Å². The number of anilines is 3. The Morgan fingerprint density at radius 3 is 2.43 bits per heavy atom. The first-order chi connectivity index (χ1) is 20.1. The number of piperazine rings is 1. The molecule has 42 heavy (non-hydrogen) atoms. The number of nitrogens with zero attached hydrogens (tertiary/aromatic N) is 4. The van der Waals surface area contributed by atoms with Gasteiger partial charge in [-0.15, -0.1) is 0 Å². The molecule has 3 heterocycles. The van der Waals surface area contributed by atoms with Crippen molar-refractivity contribution < 1.29 is 4.79 Å². The quantitative estimate of drug-likeness (QED) is 0.267. The third-order valence-corrected chi connectivity index (χ3v) is 8.50. The van der Waals surface area contributed by atoms with E-state index in [0.29, 0.717) is 16.9 Å². The van der Waals surface area contributed by atoms with Crippen LogP contribution in [0.3, 0.4) is 0 Å². The molecule has 8 nitrogen and oxygen atoms in total. The Morgan fingerprint density at radius 1 is 1.07 bits per heavy atom. The van der Waals surface area contributed by atoms with Crippen molar-refractivity contribution in [2.75, 3.05) is 48.8 Å². The number of aliphatic imine (C=N–C) groups is 1. The first-order valence-electron chi connectivity index (χ1n) is 14.8. The monoisotopic (exact) mass is 566 g/mol. The number of benzene rings is 2. The number of Topliss-reactive ketones (excluding diaryl/α,β-unsaturated/α-hetero) is 1. The van der Waals surface area contributed by atoms with Gasteiger partial charge in [0.2, 0.25) is 0 Å². The van der Waals surface area contributed by atoms with E-state index in [1.165, 1.54) is 11.8 Å². The number of rotatable bonds is 7. The van der Waals surface area contributed by atoms with Crippen LogP contribution in [0.1, 0.15) is 56.1 Å². The Morgan fingerprint density at radius 2 is 1.76 bits per heavy atom. The maximum absolute atomic E-state index is 14.0. The van der Waals surface area contributed by atoms with Gasteiger partial charge in [0, 0.05) is 66.4 Å². The normalized spacial score (nSPS) is 19.5. The van der Waals surface area contributed by atoms with Crippen molar-refractivity contribution in [3.63, 3.8) is 0 Å². The minimum Gasteiger partial charge on any atom is -0.377 e. The summed E-state index contributed by atoms with van der Waals surface area (Å²) >= 11 is 0. The molecular weight excluding hydrogens is 524 g/mol. The van der Waals surface area contributed by atoms with Crippen LogP contribution < -0.4 is 21.1 Å². The SMILES string of the molecule is C=Cc1ccc(=O)n(C2C(=O)c3ccccc3NC2(C)C)c1N=C(Nc1ccc(N2CCN(C)CC2)cc1)C(C)CC. The van der Waals surface area contributed by atoms with Gasteiger partial charge in [0.05, 0.1) is 5.54 Å². The van der Waals surface area contributed by atoms with Gasteiger partial charge < -0.3 is 20.4 Å². The largest absolute Gasteiger partial charge is 0.377 e. The number of pyridine rings is 1. The Balaban J connectivity index is 1.56. The van der Waals surface area contributed by atoms with E-state index in [2.05, 4.69) is 72.2 Å². The summed E-state index contributed by atoms with van der Waals surface area (Å²) in [7, 11) is 2.16. The van der Waals surface area contributed by atoms with Crippen molar-refractivity contribution in [1.82, 2.24) is 9.47 Å². The molecule has 0 amide bonds. The highest BCUT2D eigenvalue weighted by molar-refractivity contribution is 6.07. The molecule has 0 radical (unpaired) electrons. The van der Waals surface area contributed by atoms with Crippen LogP contribution in [0.4, 0.5) is 22.9 Å². The van der Waals surface area contributed by atoms with Gasteiger partial charge in [-0.25, -0.2) is 4.99 Å². The number of likely N-dealkylation sites (N-methyl/N-ethyl adjacent to an activating group) is 1. The molecule has 2 unspecified atom stereocenters. The van der Waals surface area contributed by atoms with Gasteiger partial charge in [-0.05, 0) is 69.8 Å². The number of hydrogen-bond acceptors (Lipinski definition) is 6. The van der Waals surface area contributed by atoms with Crippen LogP contribution in [0.5, 0.6) is 0 Å². The van der Waals surface area contributed by atoms with E-state index in [4.69, 9.17) is 4.99 Å². The molecular formula is C34H42N6O2. The Hall–Kier alpha value is -4.17. The molecule has 5 rings (SSSR count). The molecule has 0 spiro atoms. The zero-order chi connectivity index (χ0) is 30.0. The first-order valence-corrected chi connectivity index (χ1v) is 14.8. The molecule has 2 atom stereocenters. The molecule has 220 valence electrons. The van der Waals surface area contributed by atoms with Crippen LogP contribution in [-0.4, -0.2) is 59.9 Å². The summed E-state index contributed by atoms with van der Waals surface area (Å²) in [5.74, 6) is 1.09. The predicted octanol–water partition coefficient (Wildman–Crippen LogP) is 6.06. The Labute approximate surface area is 248 Å². The number of hydrogen-bond donors (Lipinski definition) is 2. The van der Waals surface area contributed by atoms with E-state index in [-0.39, 0.29) is 17.3 Å². The minimum atomic E-state index is -0.806. The maximum Gasteiger partial charge on any atom is 0.252 e. The number of aromatic nitrogens is 1. The molecule has 2 N–H and O–H groups in total. The second kappa shape index (κ2) is 12.0. The standard InChI is InChI=1S/C34H42N6O2/c1-7-23(3)32(35-25-14-16-26(17-15-25)39-21-19-38(6)20-22-39)36-33-24(8-2)13-18-29(41)40(33)31-30(42)27-11-9-10-12-28(27)37-34(31,4)5/h8-18,23,31,37H,2,7,19-22H2,1,3-6H3,(H,35,36). The number of para-hydroxylation sites is 1. The van der Waals surface area contributed by atoms with Crippen LogP contribution in [0.15, 0.2) is 77.0 Å². The summed E-state index contributed by atoms with van der Waals surface area (Å²) in [5, 5.41) is 7.03. The number of fused-ring (bicyclic) bond motifs is 1. The van der Waals surface area contributed by atoms with Gasteiger partial charge in [-0.2, -0.15) is 0 Å². The van der Waals surface area contributed by atoms with Crippen LogP contribution in [-0.2, 0) is 0 Å². The van der Waals surface area contributed by atoms with E-state index in [0.717, 1.165) is 49.8 Å². The van der Waals surface area contributed by atoms with E-state index in [1.54, 1.807) is 22.8 Å². The molecule has 0 saturated carbocycles. The fourth-order valence-corrected chi connectivity index (χ4v) is 5.76. The molecule has 2 aliphatic rings. The average molecular weight is 567 g/mol. The van der Waals surface area contributed by atoms with E-state index >= 15 is 0 Å². The molecule has 1 fully saturated rings. The highest BCUT2D eigenvalue weighted by Gasteiger charge is 2.43. The van der Waals surface area contributed by atoms with E-state index < -0.39 is 11.6 Å². The second-order valence-corrected chi connectivity index (χ2v) is 12.0. The molecule has 1 saturated heterocycles. The number of carbonyl (C=O) groups is 1. The third-order valence-electron chi connectivity index (χ3n) is 8.50. The maximum atomic E-state index is 14.0. The summed E-state index contributed by atoms with van der Waals surface area (Å²) in [6.45, 7) is 16.2. The predicted molar refractivity (Wildman–Crippen MR) is 175 cm³/mol. The van der Waals surface area contributed by atoms with Crippen molar-refractivity contribution in [2.45, 2.75) is 45.7 Å². The molecule has 2 aromatic carbocycles. The van der Waals surface area contributed by atoms with Crippen molar-refractivity contribution in [1.29, 1.82) is 0 Å². The molecule has 0 bridgehead atoms. The molecule has 1 aromatic heterocycles. The van der Waals surface area contributed by atoms with Crippen molar-refractivity contribution >= 4 is 40.6 Å². The highest BCUT2D eigenvalue weighted by Crippen LogP contribution is 2.39. The number of ketones is 1. The topological polar surface area (TPSA) is 82.0 Å². The zero-order valence-electron chi connectivity index (χ0n) is 25.4. The lowest BCUT2D eigenvalue weighted by Gasteiger charge is -2.41. The molecule has 3 aromatic rings. The lowest BCUT2D eigenvalue weighted by molar-refractivity contribution is 0.0874. The fraction of sp³-hybridized carbons (Fsp3) is 0.382. The van der Waals surface area contributed by atoms with Gasteiger partial charge in [-0.1, -0.05) is 38.6 Å². The van der Waals surface area contributed by atoms with Crippen LogP contribution >= 0.6 is 0 Å². The Kier molecular flexibility index (Phi) is 8.36. The van der Waals surface area contributed by atoms with Crippen LogP contribution in [0.2, 0.25) is 0 Å². The van der Waals surface area contributed by atoms with Crippen LogP contribution in [0.25, 0.3) is 6.08 Å². The van der Waals surface area contributed by atoms with Gasteiger partial charge in [0.15, 0.2) is 5.78 Å². The van der Waals surface area contributed by atoms with Gasteiger partial charge in [0.25, 0.3) is 5.56 Å². The third kappa shape index (κ3) is 5.77. The molecule has 2 aliphatic heterocycles. The van der Waals surface area contributed by atoms with Gasteiger partial charge in [-0.3, -0.25) is 14.2 Å². The summed E-state index contributed by atoms with van der Waals surface area (Å²) in [6.07, 6.45) is 2.53.